The molecule has 0 spiro atoms. The summed E-state index contributed by atoms with van der Waals surface area (Å²) < 4.78 is 1.04. The zero-order valence-corrected chi connectivity index (χ0v) is 16.7. The fourth-order valence-electron chi connectivity index (χ4n) is 3.28. The van der Waals surface area contributed by atoms with E-state index in [1.807, 2.05) is 12.1 Å². The van der Waals surface area contributed by atoms with Gasteiger partial charge in [-0.3, -0.25) is 4.90 Å². The van der Waals surface area contributed by atoms with Crippen molar-refractivity contribution >= 4 is 32.9 Å². The number of aromatic hydroxyl groups is 1. The fraction of sp³-hybridized carbons (Fsp3) is 0.526. The first-order valence-corrected chi connectivity index (χ1v) is 11.4. The summed E-state index contributed by atoms with van der Waals surface area (Å²) in [5.41, 5.74) is 3.58. The zero-order chi connectivity index (χ0) is 16.9. The molecule has 1 saturated heterocycles. The van der Waals surface area contributed by atoms with Gasteiger partial charge in [0, 0.05) is 12.1 Å². The lowest BCUT2D eigenvalue weighted by Crippen LogP contribution is -2.29. The van der Waals surface area contributed by atoms with Gasteiger partial charge in [0.25, 0.3) is 0 Å². The van der Waals surface area contributed by atoms with Crippen LogP contribution in [0.4, 0.5) is 0 Å². The Morgan fingerprint density at radius 2 is 1.96 bits per heavy atom. The molecule has 1 aliphatic rings. The summed E-state index contributed by atoms with van der Waals surface area (Å²) in [6.45, 7) is 5.35. The molecule has 1 N–H and O–H groups in total. The largest absolute Gasteiger partial charge is 0.508 e. The predicted molar refractivity (Wildman–Crippen MR) is 108 cm³/mol. The first kappa shape index (κ1) is 18.1. The highest BCUT2D eigenvalue weighted by atomic mass is 32.9. The molecule has 0 amide bonds. The third-order valence-corrected chi connectivity index (χ3v) is 7.88. The van der Waals surface area contributed by atoms with Gasteiger partial charge in [-0.25, -0.2) is 0 Å². The standard InChI is InChI=1S/C19H25NOS3/c1-2-3-7-16-18(23-24-19(16)22)14-8-9-17(21)15(12-14)13-20-10-5-4-6-11-20/h8-9,12,21H,2-7,10-11,13H2,1H3. The molecular formula is C19H25NOS3. The van der Waals surface area contributed by atoms with E-state index in [0.717, 1.165) is 35.4 Å². The smallest absolute Gasteiger partial charge is 0.120 e. The molecule has 1 fully saturated rings. The van der Waals surface area contributed by atoms with Crippen molar-refractivity contribution in [1.29, 1.82) is 0 Å². The van der Waals surface area contributed by atoms with Crippen molar-refractivity contribution in [3.05, 3.63) is 33.1 Å². The first-order valence-electron chi connectivity index (χ1n) is 8.85. The van der Waals surface area contributed by atoms with Crippen LogP contribution in [0.1, 0.15) is 50.2 Å². The lowest BCUT2D eigenvalue weighted by atomic mass is 10.0. The Bertz CT molecular complexity index is 728. The van der Waals surface area contributed by atoms with Gasteiger partial charge in [0.2, 0.25) is 0 Å². The van der Waals surface area contributed by atoms with Crippen LogP contribution in [0.25, 0.3) is 10.4 Å². The highest BCUT2D eigenvalue weighted by Gasteiger charge is 2.15. The van der Waals surface area contributed by atoms with E-state index >= 15 is 0 Å². The van der Waals surface area contributed by atoms with Crippen molar-refractivity contribution in [2.45, 2.75) is 52.0 Å². The lowest BCUT2D eigenvalue weighted by Gasteiger charge is -2.26. The molecule has 1 aromatic heterocycles. The van der Waals surface area contributed by atoms with Crippen molar-refractivity contribution in [3.63, 3.8) is 0 Å². The van der Waals surface area contributed by atoms with E-state index in [-0.39, 0.29) is 0 Å². The fourth-order valence-corrected chi connectivity index (χ4v) is 6.28. The normalized spacial score (nSPS) is 15.7. The van der Waals surface area contributed by atoms with Gasteiger partial charge in [0.1, 0.15) is 9.57 Å². The van der Waals surface area contributed by atoms with Crippen molar-refractivity contribution in [2.75, 3.05) is 13.1 Å². The second-order valence-corrected chi connectivity index (χ2v) is 9.36. The van der Waals surface area contributed by atoms with Crippen LogP contribution in [0.3, 0.4) is 0 Å². The molecule has 2 aromatic rings. The van der Waals surface area contributed by atoms with E-state index in [1.54, 1.807) is 20.7 Å². The Hall–Kier alpha value is -0.750. The third-order valence-electron chi connectivity index (χ3n) is 4.69. The molecule has 5 heteroatoms. The quantitative estimate of drug-likeness (QED) is 0.474. The van der Waals surface area contributed by atoms with Gasteiger partial charge in [0.15, 0.2) is 0 Å². The number of piperidine rings is 1. The van der Waals surface area contributed by atoms with Crippen LogP contribution in [-0.4, -0.2) is 23.1 Å². The van der Waals surface area contributed by atoms with E-state index < -0.39 is 0 Å². The number of hydrogen-bond donors (Lipinski definition) is 1. The van der Waals surface area contributed by atoms with Crippen LogP contribution in [0.15, 0.2) is 18.2 Å². The lowest BCUT2D eigenvalue weighted by molar-refractivity contribution is 0.218. The molecule has 2 heterocycles. The molecule has 2 nitrogen and oxygen atoms in total. The van der Waals surface area contributed by atoms with E-state index in [4.69, 9.17) is 12.2 Å². The number of phenols is 1. The van der Waals surface area contributed by atoms with Gasteiger partial charge in [-0.05, 0) is 68.1 Å². The molecule has 24 heavy (non-hydrogen) atoms. The van der Waals surface area contributed by atoms with Gasteiger partial charge in [-0.1, -0.05) is 52.7 Å². The number of rotatable bonds is 6. The van der Waals surface area contributed by atoms with Crippen LogP contribution in [0, 0.1) is 3.82 Å². The monoisotopic (exact) mass is 379 g/mol. The zero-order valence-electron chi connectivity index (χ0n) is 14.2. The predicted octanol–water partition coefficient (Wildman–Crippen LogP) is 6.24. The number of hydrogen-bond acceptors (Lipinski definition) is 5. The topological polar surface area (TPSA) is 23.5 Å². The average molecular weight is 380 g/mol. The highest BCUT2D eigenvalue weighted by molar-refractivity contribution is 7.80. The molecule has 1 aliphatic heterocycles. The van der Waals surface area contributed by atoms with Crippen LogP contribution in [0.5, 0.6) is 5.75 Å². The Kier molecular flexibility index (Phi) is 6.44. The summed E-state index contributed by atoms with van der Waals surface area (Å²) in [4.78, 5) is 3.76. The molecule has 0 atom stereocenters. The summed E-state index contributed by atoms with van der Waals surface area (Å²) in [5, 5.41) is 10.3. The number of benzene rings is 1. The average Bonchev–Trinajstić information content (AvgIpc) is 2.96. The summed E-state index contributed by atoms with van der Waals surface area (Å²) in [7, 11) is 3.49. The minimum Gasteiger partial charge on any atom is -0.508 e. The summed E-state index contributed by atoms with van der Waals surface area (Å²) >= 11 is 5.55. The van der Waals surface area contributed by atoms with Gasteiger partial charge in [-0.15, -0.1) is 0 Å². The summed E-state index contributed by atoms with van der Waals surface area (Å²) in [6.07, 6.45) is 7.30. The maximum Gasteiger partial charge on any atom is 0.120 e. The van der Waals surface area contributed by atoms with Gasteiger partial charge < -0.3 is 5.11 Å². The third kappa shape index (κ3) is 4.26. The number of nitrogens with zero attached hydrogens (tertiary/aromatic N) is 1. The van der Waals surface area contributed by atoms with E-state index in [1.165, 1.54) is 48.1 Å². The van der Waals surface area contributed by atoms with Crippen LogP contribution < -0.4 is 0 Å². The minimum absolute atomic E-state index is 0.415. The first-order chi connectivity index (χ1) is 11.7. The second-order valence-electron chi connectivity index (χ2n) is 6.55. The van der Waals surface area contributed by atoms with Crippen molar-refractivity contribution < 1.29 is 5.11 Å². The molecule has 130 valence electrons. The SMILES string of the molecule is CCCCc1c(-c2ccc(O)c(CN3CCCCC3)c2)ssc1=S. The highest BCUT2D eigenvalue weighted by Crippen LogP contribution is 2.37. The number of unbranched alkanes of at least 4 members (excludes halogenated alkanes) is 1. The Labute approximate surface area is 157 Å². The Morgan fingerprint density at radius 3 is 2.71 bits per heavy atom. The van der Waals surface area contributed by atoms with E-state index in [9.17, 15) is 5.11 Å². The number of phenolic OH excluding ortho intramolecular Hbond substituents is 1. The van der Waals surface area contributed by atoms with Gasteiger partial charge in [0.05, 0.1) is 4.88 Å². The molecular weight excluding hydrogens is 354 g/mol. The second kappa shape index (κ2) is 8.56. The Morgan fingerprint density at radius 1 is 1.17 bits per heavy atom. The number of likely N-dealkylation sites (tertiary alicyclic amines) is 1. The maximum atomic E-state index is 10.3. The molecule has 0 radical (unpaired) electrons. The van der Waals surface area contributed by atoms with E-state index in [2.05, 4.69) is 17.9 Å². The van der Waals surface area contributed by atoms with Gasteiger partial charge in [-0.2, -0.15) is 0 Å². The van der Waals surface area contributed by atoms with Crippen LogP contribution in [-0.2, 0) is 13.0 Å². The van der Waals surface area contributed by atoms with Crippen LogP contribution in [0.2, 0.25) is 0 Å². The molecule has 0 saturated carbocycles. The summed E-state index contributed by atoms with van der Waals surface area (Å²) in [6, 6.07) is 6.07. The molecule has 1 aromatic carbocycles. The van der Waals surface area contributed by atoms with Crippen molar-refractivity contribution in [2.24, 2.45) is 0 Å². The minimum atomic E-state index is 0.415. The Balaban J connectivity index is 1.86. The van der Waals surface area contributed by atoms with Crippen molar-refractivity contribution in [1.82, 2.24) is 4.90 Å². The molecule has 0 aliphatic carbocycles. The molecule has 0 bridgehead atoms. The molecule has 3 rings (SSSR count). The van der Waals surface area contributed by atoms with Crippen LogP contribution >= 0.6 is 32.9 Å². The summed E-state index contributed by atoms with van der Waals surface area (Å²) in [5.74, 6) is 0.415. The van der Waals surface area contributed by atoms with Gasteiger partial charge >= 0.3 is 0 Å². The van der Waals surface area contributed by atoms with Crippen molar-refractivity contribution in [3.8, 4) is 16.2 Å². The van der Waals surface area contributed by atoms with E-state index in [0.29, 0.717) is 5.75 Å². The molecule has 0 unspecified atom stereocenters. The maximum absolute atomic E-state index is 10.3.